The van der Waals surface area contributed by atoms with Gasteiger partial charge in [0.1, 0.15) is 23.7 Å². The molecular formula is C36H43N5O7S2. The molecule has 1 saturated heterocycles. The zero-order valence-corrected chi connectivity index (χ0v) is 30.1. The number of amides is 3. The summed E-state index contributed by atoms with van der Waals surface area (Å²) >= 11 is 2.97. The van der Waals surface area contributed by atoms with Crippen molar-refractivity contribution in [2.45, 2.75) is 95.5 Å². The monoisotopic (exact) mass is 721 g/mol. The average molecular weight is 722 g/mol. The number of carbonyl (C=O) groups is 4. The Hall–Kier alpha value is -4.30. The van der Waals surface area contributed by atoms with Crippen LogP contribution in [0.15, 0.2) is 57.3 Å². The van der Waals surface area contributed by atoms with Crippen LogP contribution in [0.4, 0.5) is 4.79 Å². The van der Waals surface area contributed by atoms with Crippen LogP contribution >= 0.6 is 22.7 Å². The molecule has 3 fully saturated rings. The maximum absolute atomic E-state index is 14.5. The highest BCUT2D eigenvalue weighted by molar-refractivity contribution is 7.08. The second-order valence-corrected chi connectivity index (χ2v) is 16.1. The number of carboxylic acid groups (broad SMARTS) is 1. The van der Waals surface area contributed by atoms with E-state index in [0.29, 0.717) is 11.1 Å². The summed E-state index contributed by atoms with van der Waals surface area (Å²) in [5.41, 5.74) is 0.0294. The van der Waals surface area contributed by atoms with Gasteiger partial charge in [0.05, 0.1) is 17.8 Å². The highest BCUT2D eigenvalue weighted by Gasteiger charge is 2.61. The molecule has 3 aromatic rings. The molecule has 50 heavy (non-hydrogen) atoms. The molecule has 14 heteroatoms. The summed E-state index contributed by atoms with van der Waals surface area (Å²) in [6.45, 7) is 9.06. The summed E-state index contributed by atoms with van der Waals surface area (Å²) in [5, 5.41) is 27.7. The second-order valence-electron chi connectivity index (χ2n) is 14.5. The summed E-state index contributed by atoms with van der Waals surface area (Å²) in [7, 11) is 0. The van der Waals surface area contributed by atoms with Crippen molar-refractivity contribution in [3.05, 3.63) is 62.9 Å². The third kappa shape index (κ3) is 7.00. The van der Waals surface area contributed by atoms with E-state index in [0.717, 1.165) is 43.2 Å². The Labute approximate surface area is 298 Å². The number of nitrogens with one attached hydrogen (secondary N) is 2. The fraction of sp³-hybridized carbons (Fsp3) is 0.500. The molecule has 6 rings (SSSR count). The SMILES string of the molecule is C=CC1CC1(NC(=O)C1CC(n2ncc(-c3ccsc3)c(-c3ccsc3)c2=O)CN1C(=O)C(NC(=O)OC1CCCCC1)C(C)(C)C)C(=O)O. The van der Waals surface area contributed by atoms with Crippen LogP contribution in [-0.2, 0) is 19.1 Å². The Morgan fingerprint density at radius 2 is 1.78 bits per heavy atom. The van der Waals surface area contributed by atoms with Gasteiger partial charge in [-0.1, -0.05) is 33.3 Å². The Balaban J connectivity index is 1.34. The highest BCUT2D eigenvalue weighted by atomic mass is 32.1. The van der Waals surface area contributed by atoms with Gasteiger partial charge >= 0.3 is 12.1 Å². The first-order chi connectivity index (χ1) is 23.8. The molecule has 2 aliphatic carbocycles. The normalized spacial score (nSPS) is 24.3. The summed E-state index contributed by atoms with van der Waals surface area (Å²) < 4.78 is 7.02. The van der Waals surface area contributed by atoms with Gasteiger partial charge in [0.25, 0.3) is 5.56 Å². The number of carbonyl (C=O) groups excluding carboxylic acids is 3. The molecule has 266 valence electrons. The Kier molecular flexibility index (Phi) is 10.0. The van der Waals surface area contributed by atoms with Crippen molar-refractivity contribution in [2.24, 2.45) is 11.3 Å². The number of rotatable bonds is 10. The minimum Gasteiger partial charge on any atom is -0.479 e. The second kappa shape index (κ2) is 14.1. The van der Waals surface area contributed by atoms with Gasteiger partial charge in [0.2, 0.25) is 11.8 Å². The Bertz CT molecular complexity index is 1810. The first-order valence-corrected chi connectivity index (χ1v) is 18.8. The van der Waals surface area contributed by atoms with Crippen LogP contribution in [0, 0.1) is 11.3 Å². The van der Waals surface area contributed by atoms with Crippen LogP contribution in [0.25, 0.3) is 22.3 Å². The molecule has 5 unspecified atom stereocenters. The van der Waals surface area contributed by atoms with Crippen molar-refractivity contribution in [1.29, 1.82) is 0 Å². The number of nitrogens with zero attached hydrogens (tertiary/aromatic N) is 3. The van der Waals surface area contributed by atoms with E-state index in [2.05, 4.69) is 22.3 Å². The Morgan fingerprint density at radius 1 is 1.10 bits per heavy atom. The molecule has 3 N–H and O–H groups in total. The lowest BCUT2D eigenvalue weighted by molar-refractivity contribution is -0.146. The minimum absolute atomic E-state index is 0.00317. The largest absolute Gasteiger partial charge is 0.479 e. The lowest BCUT2D eigenvalue weighted by atomic mass is 9.85. The van der Waals surface area contributed by atoms with E-state index in [1.165, 1.54) is 38.3 Å². The van der Waals surface area contributed by atoms with Crippen molar-refractivity contribution >= 4 is 46.6 Å². The van der Waals surface area contributed by atoms with Gasteiger partial charge < -0.3 is 25.4 Å². The molecule has 3 aromatic heterocycles. The number of thiophene rings is 2. The molecule has 0 aromatic carbocycles. The van der Waals surface area contributed by atoms with E-state index in [-0.39, 0.29) is 31.0 Å². The van der Waals surface area contributed by atoms with Gasteiger partial charge in [-0.2, -0.15) is 27.8 Å². The van der Waals surface area contributed by atoms with Crippen molar-refractivity contribution < 1.29 is 29.0 Å². The van der Waals surface area contributed by atoms with E-state index in [1.807, 2.05) is 33.7 Å². The number of likely N-dealkylation sites (tertiary alicyclic amines) is 1. The Morgan fingerprint density at radius 3 is 2.36 bits per heavy atom. The zero-order chi connectivity index (χ0) is 35.8. The van der Waals surface area contributed by atoms with Gasteiger partial charge in [0.15, 0.2) is 0 Å². The van der Waals surface area contributed by atoms with E-state index in [1.54, 1.807) is 27.0 Å². The van der Waals surface area contributed by atoms with Gasteiger partial charge in [-0.25, -0.2) is 14.3 Å². The number of hydrogen-bond donors (Lipinski definition) is 3. The van der Waals surface area contributed by atoms with Crippen LogP contribution in [0.2, 0.25) is 0 Å². The predicted octanol–water partition coefficient (Wildman–Crippen LogP) is 5.46. The van der Waals surface area contributed by atoms with E-state index in [9.17, 15) is 29.1 Å². The molecule has 4 heterocycles. The summed E-state index contributed by atoms with van der Waals surface area (Å²) in [4.78, 5) is 69.7. The van der Waals surface area contributed by atoms with E-state index >= 15 is 0 Å². The fourth-order valence-electron chi connectivity index (χ4n) is 7.15. The smallest absolute Gasteiger partial charge is 0.408 e. The fourth-order valence-corrected chi connectivity index (χ4v) is 8.45. The predicted molar refractivity (Wildman–Crippen MR) is 191 cm³/mol. The molecule has 12 nitrogen and oxygen atoms in total. The standard InChI is InChI=1S/C36H43N5O7S2/c1-5-23-16-36(23,33(45)46)39-30(42)27-15-24(41-31(43)28(22-12-14-50-20-22)26(17-37-41)21-11-13-49-19-21)18-40(27)32(44)29(35(2,3)4)38-34(47)48-25-9-7-6-8-10-25/h5,11-14,17,19-20,23-25,27,29H,1,6-10,15-16,18H2,2-4H3,(H,38,47)(H,39,42)(H,45,46). The van der Waals surface area contributed by atoms with Gasteiger partial charge in [-0.3, -0.25) is 14.4 Å². The molecule has 5 atom stereocenters. The van der Waals surface area contributed by atoms with Crippen LogP contribution < -0.4 is 16.2 Å². The number of ether oxygens (including phenoxy) is 1. The van der Waals surface area contributed by atoms with Crippen molar-refractivity contribution in [2.75, 3.05) is 6.54 Å². The first kappa shape index (κ1) is 35.5. The maximum atomic E-state index is 14.5. The van der Waals surface area contributed by atoms with Gasteiger partial charge in [-0.15, -0.1) is 6.58 Å². The number of alkyl carbamates (subject to hydrolysis) is 1. The van der Waals surface area contributed by atoms with E-state index in [4.69, 9.17) is 4.74 Å². The number of hydrogen-bond acceptors (Lipinski definition) is 9. The minimum atomic E-state index is -1.53. The summed E-state index contributed by atoms with van der Waals surface area (Å²) in [5.74, 6) is -2.86. The summed E-state index contributed by atoms with van der Waals surface area (Å²) in [6.07, 6.45) is 6.91. The maximum Gasteiger partial charge on any atom is 0.408 e. The van der Waals surface area contributed by atoms with Crippen molar-refractivity contribution in [3.8, 4) is 22.3 Å². The third-order valence-corrected chi connectivity index (χ3v) is 11.4. The first-order valence-electron chi connectivity index (χ1n) is 17.0. The molecule has 3 aliphatic rings. The molecule has 2 saturated carbocycles. The molecule has 3 amide bonds. The molecule has 1 aliphatic heterocycles. The van der Waals surface area contributed by atoms with Gasteiger partial charge in [0, 0.05) is 24.4 Å². The van der Waals surface area contributed by atoms with Crippen molar-refractivity contribution in [1.82, 2.24) is 25.3 Å². The number of aliphatic carboxylic acids is 1. The van der Waals surface area contributed by atoms with Crippen LogP contribution in [0.3, 0.4) is 0 Å². The molecular weight excluding hydrogens is 679 g/mol. The van der Waals surface area contributed by atoms with E-state index < -0.39 is 58.9 Å². The topological polar surface area (TPSA) is 160 Å². The lowest BCUT2D eigenvalue weighted by Crippen LogP contribution is -2.59. The lowest BCUT2D eigenvalue weighted by Gasteiger charge is -2.35. The van der Waals surface area contributed by atoms with Crippen molar-refractivity contribution in [3.63, 3.8) is 0 Å². The van der Waals surface area contributed by atoms with Crippen LogP contribution in [0.5, 0.6) is 0 Å². The number of aromatic nitrogens is 2. The quantitative estimate of drug-likeness (QED) is 0.233. The molecule has 0 bridgehead atoms. The van der Waals surface area contributed by atoms with Crippen LogP contribution in [-0.4, -0.2) is 73.9 Å². The molecule has 0 radical (unpaired) electrons. The molecule has 0 spiro atoms. The zero-order valence-electron chi connectivity index (χ0n) is 28.4. The summed E-state index contributed by atoms with van der Waals surface area (Å²) in [6, 6.07) is 0.830. The highest BCUT2D eigenvalue weighted by Crippen LogP contribution is 2.45. The number of carboxylic acids is 1. The van der Waals surface area contributed by atoms with Gasteiger partial charge in [-0.05, 0) is 82.3 Å². The average Bonchev–Trinajstić information content (AvgIpc) is 3.59. The third-order valence-electron chi connectivity index (χ3n) is 10.1. The van der Waals surface area contributed by atoms with Crippen LogP contribution in [0.1, 0.15) is 71.8 Å².